The van der Waals surface area contributed by atoms with Crippen LogP contribution in [-0.4, -0.2) is 16.6 Å². The fourth-order valence-electron chi connectivity index (χ4n) is 1.15. The molecule has 2 rings (SSSR count). The standard InChI is InChI=1S/C10H8N2O/c1-2-7-13-12-10-6-4-3-5-9(10)8-11-12/h1,3-6,8H,7H2. The van der Waals surface area contributed by atoms with Gasteiger partial charge in [0.1, 0.15) is 5.52 Å². The molecule has 0 spiro atoms. The van der Waals surface area contributed by atoms with Gasteiger partial charge in [-0.15, -0.1) is 11.5 Å². The molecule has 1 aromatic carbocycles. The SMILES string of the molecule is C#CCOn1ncc2ccccc21. The van der Waals surface area contributed by atoms with Crippen LogP contribution in [0.3, 0.4) is 0 Å². The number of hydrogen-bond donors (Lipinski definition) is 0. The molecule has 0 aliphatic rings. The highest BCUT2D eigenvalue weighted by atomic mass is 16.7. The van der Waals surface area contributed by atoms with E-state index in [1.807, 2.05) is 24.3 Å². The van der Waals surface area contributed by atoms with E-state index in [0.717, 1.165) is 10.9 Å². The molecular formula is C10H8N2O. The first-order chi connectivity index (χ1) is 6.42. The Morgan fingerprint density at radius 1 is 1.46 bits per heavy atom. The van der Waals surface area contributed by atoms with Crippen LogP contribution in [-0.2, 0) is 0 Å². The molecule has 0 bridgehead atoms. The van der Waals surface area contributed by atoms with E-state index in [9.17, 15) is 0 Å². The summed E-state index contributed by atoms with van der Waals surface area (Å²) >= 11 is 0. The number of nitrogens with zero attached hydrogens (tertiary/aromatic N) is 2. The summed E-state index contributed by atoms with van der Waals surface area (Å²) < 4.78 is 0. The molecule has 3 nitrogen and oxygen atoms in total. The van der Waals surface area contributed by atoms with Crippen LogP contribution in [0, 0.1) is 12.3 Å². The van der Waals surface area contributed by atoms with Crippen molar-refractivity contribution in [3.8, 4) is 12.3 Å². The molecule has 1 heterocycles. The van der Waals surface area contributed by atoms with Crippen molar-refractivity contribution in [2.45, 2.75) is 0 Å². The summed E-state index contributed by atoms with van der Waals surface area (Å²) in [4.78, 5) is 6.62. The number of aromatic nitrogens is 2. The van der Waals surface area contributed by atoms with Crippen molar-refractivity contribution in [2.75, 3.05) is 6.61 Å². The van der Waals surface area contributed by atoms with Gasteiger partial charge in [-0.2, -0.15) is 0 Å². The number of hydrogen-bond acceptors (Lipinski definition) is 2. The highest BCUT2D eigenvalue weighted by Gasteiger charge is 1.99. The molecule has 64 valence electrons. The van der Waals surface area contributed by atoms with E-state index < -0.39 is 0 Å². The summed E-state index contributed by atoms with van der Waals surface area (Å²) in [6.07, 6.45) is 6.81. The maximum absolute atomic E-state index is 5.18. The first-order valence-electron chi connectivity index (χ1n) is 3.91. The summed E-state index contributed by atoms with van der Waals surface area (Å²) in [6, 6.07) is 7.78. The third kappa shape index (κ3) is 1.34. The van der Waals surface area contributed by atoms with Crippen LogP contribution < -0.4 is 4.84 Å². The Morgan fingerprint density at radius 2 is 2.31 bits per heavy atom. The topological polar surface area (TPSA) is 27.1 Å². The van der Waals surface area contributed by atoms with Crippen LogP contribution in [0.5, 0.6) is 0 Å². The van der Waals surface area contributed by atoms with Crippen molar-refractivity contribution in [3.63, 3.8) is 0 Å². The molecule has 0 radical (unpaired) electrons. The lowest BCUT2D eigenvalue weighted by molar-refractivity contribution is 0.119. The van der Waals surface area contributed by atoms with Gasteiger partial charge in [0.2, 0.25) is 0 Å². The van der Waals surface area contributed by atoms with E-state index in [0.29, 0.717) is 0 Å². The van der Waals surface area contributed by atoms with Gasteiger partial charge in [0.05, 0.1) is 6.20 Å². The van der Waals surface area contributed by atoms with Crippen molar-refractivity contribution in [1.29, 1.82) is 0 Å². The second-order valence-corrected chi connectivity index (χ2v) is 2.55. The van der Waals surface area contributed by atoms with Gasteiger partial charge in [-0.3, -0.25) is 0 Å². The van der Waals surface area contributed by atoms with Gasteiger partial charge in [-0.05, 0) is 6.07 Å². The monoisotopic (exact) mass is 172 g/mol. The zero-order chi connectivity index (χ0) is 9.10. The predicted octanol–water partition coefficient (Wildman–Crippen LogP) is 1.10. The number of benzene rings is 1. The van der Waals surface area contributed by atoms with E-state index in [1.54, 1.807) is 6.20 Å². The molecule has 0 saturated carbocycles. The number of rotatable bonds is 2. The summed E-state index contributed by atoms with van der Waals surface area (Å²) in [5.74, 6) is 2.39. The molecule has 0 amide bonds. The van der Waals surface area contributed by atoms with Crippen LogP contribution in [0.4, 0.5) is 0 Å². The number of para-hydroxylation sites is 1. The first kappa shape index (κ1) is 7.69. The molecule has 0 atom stereocenters. The highest BCUT2D eigenvalue weighted by Crippen LogP contribution is 2.10. The first-order valence-corrected chi connectivity index (χ1v) is 3.91. The van der Waals surface area contributed by atoms with Gasteiger partial charge in [0.15, 0.2) is 6.61 Å². The second kappa shape index (κ2) is 3.20. The van der Waals surface area contributed by atoms with Gasteiger partial charge >= 0.3 is 0 Å². The second-order valence-electron chi connectivity index (χ2n) is 2.55. The van der Waals surface area contributed by atoms with Crippen molar-refractivity contribution < 1.29 is 4.84 Å². The molecular weight excluding hydrogens is 164 g/mol. The van der Waals surface area contributed by atoms with Gasteiger partial charge in [-0.1, -0.05) is 29.0 Å². The van der Waals surface area contributed by atoms with Gasteiger partial charge in [0, 0.05) is 5.39 Å². The molecule has 3 heteroatoms. The van der Waals surface area contributed by atoms with Crippen molar-refractivity contribution in [3.05, 3.63) is 30.5 Å². The van der Waals surface area contributed by atoms with Gasteiger partial charge < -0.3 is 4.84 Å². The molecule has 1 aromatic heterocycles. The van der Waals surface area contributed by atoms with Crippen LogP contribution in [0.15, 0.2) is 30.5 Å². The predicted molar refractivity (Wildman–Crippen MR) is 50.0 cm³/mol. The van der Waals surface area contributed by atoms with E-state index >= 15 is 0 Å². The van der Waals surface area contributed by atoms with E-state index in [-0.39, 0.29) is 6.61 Å². The smallest absolute Gasteiger partial charge is 0.177 e. The summed E-state index contributed by atoms with van der Waals surface area (Å²) in [6.45, 7) is 0.228. The van der Waals surface area contributed by atoms with Crippen LogP contribution in [0.1, 0.15) is 0 Å². The maximum atomic E-state index is 5.18. The largest absolute Gasteiger partial charge is 0.383 e. The van der Waals surface area contributed by atoms with E-state index in [1.165, 1.54) is 4.85 Å². The Kier molecular flexibility index (Phi) is 1.89. The van der Waals surface area contributed by atoms with Crippen LogP contribution >= 0.6 is 0 Å². The Balaban J connectivity index is 2.41. The zero-order valence-electron chi connectivity index (χ0n) is 6.97. The third-order valence-electron chi connectivity index (χ3n) is 1.71. The summed E-state index contributed by atoms with van der Waals surface area (Å²) in [5, 5.41) is 5.07. The Bertz CT molecular complexity index is 453. The summed E-state index contributed by atoms with van der Waals surface area (Å²) in [5.41, 5.74) is 0.928. The highest BCUT2D eigenvalue weighted by molar-refractivity contribution is 5.77. The summed E-state index contributed by atoms with van der Waals surface area (Å²) in [7, 11) is 0. The lowest BCUT2D eigenvalue weighted by Crippen LogP contribution is -2.12. The Labute approximate surface area is 75.9 Å². The van der Waals surface area contributed by atoms with Crippen molar-refractivity contribution in [1.82, 2.24) is 9.94 Å². The number of fused-ring (bicyclic) bond motifs is 1. The average Bonchev–Trinajstić information content (AvgIpc) is 2.58. The van der Waals surface area contributed by atoms with Crippen LogP contribution in [0.2, 0.25) is 0 Å². The zero-order valence-corrected chi connectivity index (χ0v) is 6.97. The van der Waals surface area contributed by atoms with E-state index in [2.05, 4.69) is 11.0 Å². The van der Waals surface area contributed by atoms with Crippen molar-refractivity contribution >= 4 is 10.9 Å². The molecule has 0 unspecified atom stereocenters. The van der Waals surface area contributed by atoms with Crippen molar-refractivity contribution in [2.24, 2.45) is 0 Å². The normalized spacial score (nSPS) is 9.77. The molecule has 0 aliphatic heterocycles. The molecule has 2 aromatic rings. The number of terminal acetylenes is 1. The Hall–Kier alpha value is -1.95. The molecule has 0 N–H and O–H groups in total. The average molecular weight is 172 g/mol. The van der Waals surface area contributed by atoms with Gasteiger partial charge in [-0.25, -0.2) is 0 Å². The lowest BCUT2D eigenvalue weighted by atomic mass is 10.3. The molecule has 0 aliphatic carbocycles. The minimum absolute atomic E-state index is 0.228. The minimum Gasteiger partial charge on any atom is -0.383 e. The Morgan fingerprint density at radius 3 is 3.15 bits per heavy atom. The quantitative estimate of drug-likeness (QED) is 0.634. The fourth-order valence-corrected chi connectivity index (χ4v) is 1.15. The lowest BCUT2D eigenvalue weighted by Gasteiger charge is -2.00. The molecule has 0 saturated heterocycles. The maximum Gasteiger partial charge on any atom is 0.177 e. The third-order valence-corrected chi connectivity index (χ3v) is 1.71. The molecule has 0 fully saturated rings. The fraction of sp³-hybridized carbons (Fsp3) is 0.100. The van der Waals surface area contributed by atoms with E-state index in [4.69, 9.17) is 11.3 Å². The molecule has 13 heavy (non-hydrogen) atoms. The minimum atomic E-state index is 0.228. The van der Waals surface area contributed by atoms with Crippen LogP contribution in [0.25, 0.3) is 10.9 Å². The van der Waals surface area contributed by atoms with Gasteiger partial charge in [0.25, 0.3) is 0 Å².